The molecule has 1 amide bonds. The average Bonchev–Trinajstić information content (AvgIpc) is 3.11. The molecule has 1 aliphatic carbocycles. The number of carbonyl (C=O) groups excluding carboxylic acids is 1. The second-order valence-electron chi connectivity index (χ2n) is 4.99. The molecule has 1 saturated carbocycles. The van der Waals surface area contributed by atoms with Crippen LogP contribution in [0.4, 0.5) is 5.69 Å². The predicted molar refractivity (Wildman–Crippen MR) is 70.3 cm³/mol. The molecule has 0 radical (unpaired) electrons. The third-order valence-corrected chi connectivity index (χ3v) is 3.02. The van der Waals surface area contributed by atoms with Gasteiger partial charge in [0.1, 0.15) is 0 Å². The monoisotopic (exact) mass is 232 g/mol. The Labute approximate surface area is 103 Å². The lowest BCUT2D eigenvalue weighted by Gasteiger charge is -2.20. The largest absolute Gasteiger partial charge is 0.382 e. The zero-order valence-corrected chi connectivity index (χ0v) is 10.7. The molecule has 3 heteroatoms. The van der Waals surface area contributed by atoms with Gasteiger partial charge in [0.05, 0.1) is 5.56 Å². The van der Waals surface area contributed by atoms with Crippen LogP contribution in [0.5, 0.6) is 0 Å². The molecule has 1 aromatic carbocycles. The van der Waals surface area contributed by atoms with Gasteiger partial charge in [-0.1, -0.05) is 12.1 Å². The molecule has 0 saturated heterocycles. The molecule has 1 fully saturated rings. The van der Waals surface area contributed by atoms with Crippen molar-refractivity contribution in [1.29, 1.82) is 0 Å². The number of nitrogens with one attached hydrogen (secondary N) is 1. The molecule has 1 N–H and O–H groups in total. The Kier molecular flexibility index (Phi) is 3.36. The first-order valence-corrected chi connectivity index (χ1v) is 6.22. The molecule has 1 aromatic rings. The van der Waals surface area contributed by atoms with E-state index in [9.17, 15) is 4.79 Å². The second kappa shape index (κ2) is 4.78. The highest BCUT2D eigenvalue weighted by Crippen LogP contribution is 2.28. The molecule has 0 aromatic heterocycles. The van der Waals surface area contributed by atoms with Gasteiger partial charge in [0.2, 0.25) is 0 Å². The van der Waals surface area contributed by atoms with Gasteiger partial charge in [0.25, 0.3) is 5.91 Å². The van der Waals surface area contributed by atoms with E-state index in [4.69, 9.17) is 0 Å². The summed E-state index contributed by atoms with van der Waals surface area (Å²) in [6.45, 7) is 4.15. The van der Waals surface area contributed by atoms with Gasteiger partial charge >= 0.3 is 0 Å². The van der Waals surface area contributed by atoms with Crippen LogP contribution in [0.15, 0.2) is 24.3 Å². The molecule has 0 atom stereocenters. The van der Waals surface area contributed by atoms with E-state index in [1.54, 1.807) is 0 Å². The van der Waals surface area contributed by atoms with E-state index in [-0.39, 0.29) is 5.91 Å². The van der Waals surface area contributed by atoms with Crippen LogP contribution in [0.25, 0.3) is 0 Å². The Bertz CT molecular complexity index is 410. The topological polar surface area (TPSA) is 32.3 Å². The van der Waals surface area contributed by atoms with Gasteiger partial charge < -0.3 is 10.2 Å². The minimum atomic E-state index is 0.122. The van der Waals surface area contributed by atoms with Gasteiger partial charge in [0, 0.05) is 24.8 Å². The molecule has 3 nitrogen and oxygen atoms in total. The highest BCUT2D eigenvalue weighted by atomic mass is 16.2. The van der Waals surface area contributed by atoms with E-state index in [1.807, 2.05) is 36.2 Å². The van der Waals surface area contributed by atoms with Gasteiger partial charge in [-0.2, -0.15) is 0 Å². The molecule has 0 heterocycles. The minimum Gasteiger partial charge on any atom is -0.382 e. The molecule has 1 aliphatic rings. The molecule has 0 unspecified atom stereocenters. The highest BCUT2D eigenvalue weighted by Gasteiger charge is 2.30. The number of anilines is 1. The summed E-state index contributed by atoms with van der Waals surface area (Å²) >= 11 is 0. The Hall–Kier alpha value is -1.51. The zero-order chi connectivity index (χ0) is 12.4. The van der Waals surface area contributed by atoms with Gasteiger partial charge in [-0.3, -0.25) is 4.79 Å². The lowest BCUT2D eigenvalue weighted by Crippen LogP contribution is -2.29. The molecule has 0 bridgehead atoms. The standard InChI is InChI=1S/C14H20N2O/c1-10(2)15-13-7-5-4-6-12(13)14(17)16(3)11-8-9-11/h4-7,10-11,15H,8-9H2,1-3H3. The normalized spacial score (nSPS) is 14.8. The molecule has 92 valence electrons. The quantitative estimate of drug-likeness (QED) is 0.865. The van der Waals surface area contributed by atoms with Crippen LogP contribution in [0, 0.1) is 0 Å². The van der Waals surface area contributed by atoms with Crippen molar-refractivity contribution in [3.8, 4) is 0 Å². The van der Waals surface area contributed by atoms with Crippen molar-refractivity contribution in [2.24, 2.45) is 0 Å². The van der Waals surface area contributed by atoms with E-state index in [2.05, 4.69) is 19.2 Å². The van der Waals surface area contributed by atoms with Crippen LogP contribution >= 0.6 is 0 Å². The molecule has 17 heavy (non-hydrogen) atoms. The fourth-order valence-corrected chi connectivity index (χ4v) is 1.92. The number of hydrogen-bond acceptors (Lipinski definition) is 2. The smallest absolute Gasteiger partial charge is 0.255 e. The summed E-state index contributed by atoms with van der Waals surface area (Å²) in [7, 11) is 1.89. The van der Waals surface area contributed by atoms with Crippen molar-refractivity contribution in [1.82, 2.24) is 4.90 Å². The predicted octanol–water partition coefficient (Wildman–Crippen LogP) is 2.74. The summed E-state index contributed by atoms with van der Waals surface area (Å²) in [6.07, 6.45) is 2.28. The summed E-state index contributed by atoms with van der Waals surface area (Å²) in [5.41, 5.74) is 1.70. The van der Waals surface area contributed by atoms with Crippen LogP contribution in [0.2, 0.25) is 0 Å². The van der Waals surface area contributed by atoms with Crippen LogP contribution < -0.4 is 5.32 Å². The van der Waals surface area contributed by atoms with Crippen molar-refractivity contribution in [2.45, 2.75) is 38.8 Å². The Morgan fingerprint density at radius 2 is 2.00 bits per heavy atom. The number of amides is 1. The second-order valence-corrected chi connectivity index (χ2v) is 4.99. The molecular weight excluding hydrogens is 212 g/mol. The van der Waals surface area contributed by atoms with E-state index in [0.717, 1.165) is 24.1 Å². The van der Waals surface area contributed by atoms with Gasteiger partial charge in [-0.15, -0.1) is 0 Å². The summed E-state index contributed by atoms with van der Waals surface area (Å²) in [5, 5.41) is 3.32. The molecule has 2 rings (SSSR count). The van der Waals surface area contributed by atoms with Gasteiger partial charge in [-0.25, -0.2) is 0 Å². The minimum absolute atomic E-state index is 0.122. The SMILES string of the molecule is CC(C)Nc1ccccc1C(=O)N(C)C1CC1. The zero-order valence-electron chi connectivity index (χ0n) is 10.7. The molecule has 0 spiro atoms. The number of benzene rings is 1. The van der Waals surface area contributed by atoms with Crippen molar-refractivity contribution in [3.63, 3.8) is 0 Å². The number of nitrogens with zero attached hydrogens (tertiary/aromatic N) is 1. The number of para-hydroxylation sites is 1. The fraction of sp³-hybridized carbons (Fsp3) is 0.500. The summed E-state index contributed by atoms with van der Waals surface area (Å²) in [4.78, 5) is 14.2. The first-order valence-electron chi connectivity index (χ1n) is 6.22. The summed E-state index contributed by atoms with van der Waals surface area (Å²) < 4.78 is 0. The Morgan fingerprint density at radius 1 is 1.35 bits per heavy atom. The Balaban J connectivity index is 2.21. The lowest BCUT2D eigenvalue weighted by atomic mass is 10.1. The van der Waals surface area contributed by atoms with E-state index < -0.39 is 0 Å². The number of rotatable bonds is 4. The lowest BCUT2D eigenvalue weighted by molar-refractivity contribution is 0.0786. The van der Waals surface area contributed by atoms with E-state index in [0.29, 0.717) is 12.1 Å². The van der Waals surface area contributed by atoms with Crippen molar-refractivity contribution < 1.29 is 4.79 Å². The van der Waals surface area contributed by atoms with Crippen LogP contribution in [0.1, 0.15) is 37.0 Å². The number of carbonyl (C=O) groups is 1. The highest BCUT2D eigenvalue weighted by molar-refractivity contribution is 5.99. The van der Waals surface area contributed by atoms with Crippen LogP contribution in [0.3, 0.4) is 0 Å². The van der Waals surface area contributed by atoms with Crippen LogP contribution in [-0.2, 0) is 0 Å². The first-order chi connectivity index (χ1) is 8.09. The average molecular weight is 232 g/mol. The summed E-state index contributed by atoms with van der Waals surface area (Å²) in [6, 6.07) is 8.52. The van der Waals surface area contributed by atoms with Gasteiger partial charge in [-0.05, 0) is 38.8 Å². The third kappa shape index (κ3) is 2.78. The maximum atomic E-state index is 12.3. The van der Waals surface area contributed by atoms with Crippen LogP contribution in [-0.4, -0.2) is 29.9 Å². The van der Waals surface area contributed by atoms with Gasteiger partial charge in [0.15, 0.2) is 0 Å². The fourth-order valence-electron chi connectivity index (χ4n) is 1.92. The number of hydrogen-bond donors (Lipinski definition) is 1. The third-order valence-electron chi connectivity index (χ3n) is 3.02. The maximum Gasteiger partial charge on any atom is 0.255 e. The van der Waals surface area contributed by atoms with Crippen molar-refractivity contribution in [2.75, 3.05) is 12.4 Å². The first kappa shape index (κ1) is 12.0. The van der Waals surface area contributed by atoms with Crippen molar-refractivity contribution in [3.05, 3.63) is 29.8 Å². The molecule has 0 aliphatic heterocycles. The summed E-state index contributed by atoms with van der Waals surface area (Å²) in [5.74, 6) is 0.122. The maximum absolute atomic E-state index is 12.3. The van der Waals surface area contributed by atoms with E-state index >= 15 is 0 Å². The molecular formula is C14H20N2O. The Morgan fingerprint density at radius 3 is 2.59 bits per heavy atom. The van der Waals surface area contributed by atoms with E-state index in [1.165, 1.54) is 0 Å². The van der Waals surface area contributed by atoms with Crippen molar-refractivity contribution >= 4 is 11.6 Å².